The van der Waals surface area contributed by atoms with Gasteiger partial charge >= 0.3 is 5.97 Å². The molecule has 0 aliphatic carbocycles. The van der Waals surface area contributed by atoms with E-state index >= 15 is 0 Å². The van der Waals surface area contributed by atoms with Gasteiger partial charge in [0.2, 0.25) is 0 Å². The highest BCUT2D eigenvalue weighted by atomic mass is 32.2. The number of fused-ring (bicyclic) bond motifs is 1. The van der Waals surface area contributed by atoms with Gasteiger partial charge in [-0.1, -0.05) is 42.1 Å². The lowest BCUT2D eigenvalue weighted by molar-refractivity contribution is 0.0525. The molecule has 0 aliphatic heterocycles. The van der Waals surface area contributed by atoms with Crippen LogP contribution in [0.5, 0.6) is 0 Å². The molecule has 0 spiro atoms. The first kappa shape index (κ1) is 22.5. The Morgan fingerprint density at radius 3 is 2.48 bits per heavy atom. The summed E-state index contributed by atoms with van der Waals surface area (Å²) in [4.78, 5) is 46.3. The summed E-state index contributed by atoms with van der Waals surface area (Å²) < 4.78 is 6.63. The van der Waals surface area contributed by atoms with Crippen LogP contribution in [0.3, 0.4) is 0 Å². The summed E-state index contributed by atoms with van der Waals surface area (Å²) >= 11 is 1.18. The number of esters is 1. The van der Waals surface area contributed by atoms with Crippen molar-refractivity contribution in [2.75, 3.05) is 12.4 Å². The summed E-state index contributed by atoms with van der Waals surface area (Å²) in [6.07, 6.45) is 0. The minimum absolute atomic E-state index is 0.0423. The molecular weight excluding hydrogens is 438 g/mol. The Kier molecular flexibility index (Phi) is 6.46. The van der Waals surface area contributed by atoms with E-state index < -0.39 is 5.97 Å². The standard InChI is InChI=1S/C25H23N3O4S/c1-4-32-24(31)21-15(2)22(26-16(21)3)20(29)14-33-25-27-19-13-9-8-12-18(19)23(30)28(25)17-10-6-5-7-11-17/h5-13,26H,4,14H2,1-3H3. The zero-order valence-electron chi connectivity index (χ0n) is 18.5. The molecule has 0 atom stereocenters. The zero-order chi connectivity index (χ0) is 23.5. The smallest absolute Gasteiger partial charge is 0.340 e. The number of ether oxygens (including phenoxy) is 1. The molecule has 2 aromatic carbocycles. The molecule has 33 heavy (non-hydrogen) atoms. The number of hydrogen-bond donors (Lipinski definition) is 1. The molecular formula is C25H23N3O4S. The van der Waals surface area contributed by atoms with Gasteiger partial charge in [-0.05, 0) is 50.6 Å². The van der Waals surface area contributed by atoms with Crippen molar-refractivity contribution >= 4 is 34.4 Å². The molecule has 2 aromatic heterocycles. The second-order valence-electron chi connectivity index (χ2n) is 7.44. The lowest BCUT2D eigenvalue weighted by Gasteiger charge is -2.13. The maximum Gasteiger partial charge on any atom is 0.340 e. The quantitative estimate of drug-likeness (QED) is 0.189. The van der Waals surface area contributed by atoms with E-state index in [1.807, 2.05) is 36.4 Å². The third-order valence-electron chi connectivity index (χ3n) is 5.29. The van der Waals surface area contributed by atoms with Gasteiger partial charge in [-0.25, -0.2) is 9.78 Å². The molecule has 168 valence electrons. The summed E-state index contributed by atoms with van der Waals surface area (Å²) in [5, 5.41) is 0.928. The number of hydrogen-bond acceptors (Lipinski definition) is 6. The van der Waals surface area contributed by atoms with Crippen LogP contribution in [0.4, 0.5) is 0 Å². The van der Waals surface area contributed by atoms with Gasteiger partial charge in [0.25, 0.3) is 5.56 Å². The first-order valence-corrected chi connectivity index (χ1v) is 11.5. The molecule has 0 fully saturated rings. The molecule has 4 aromatic rings. The van der Waals surface area contributed by atoms with Crippen molar-refractivity contribution in [2.24, 2.45) is 0 Å². The van der Waals surface area contributed by atoms with Crippen LogP contribution in [0.15, 0.2) is 64.5 Å². The minimum Gasteiger partial charge on any atom is -0.462 e. The maximum absolute atomic E-state index is 13.3. The molecule has 0 radical (unpaired) electrons. The van der Waals surface area contributed by atoms with E-state index in [2.05, 4.69) is 9.97 Å². The van der Waals surface area contributed by atoms with Crippen molar-refractivity contribution in [3.8, 4) is 5.69 Å². The Bertz CT molecular complexity index is 1410. The fourth-order valence-corrected chi connectivity index (χ4v) is 4.64. The Morgan fingerprint density at radius 2 is 1.76 bits per heavy atom. The molecule has 4 rings (SSSR count). The largest absolute Gasteiger partial charge is 0.462 e. The van der Waals surface area contributed by atoms with Gasteiger partial charge in [0.15, 0.2) is 10.9 Å². The van der Waals surface area contributed by atoms with Crippen LogP contribution in [0, 0.1) is 13.8 Å². The number of Topliss-reactive ketones (excluding diaryl/α,β-unsaturated/α-hetero) is 1. The minimum atomic E-state index is -0.454. The Labute approximate surface area is 194 Å². The highest BCUT2D eigenvalue weighted by Crippen LogP contribution is 2.25. The van der Waals surface area contributed by atoms with Crippen LogP contribution in [0.2, 0.25) is 0 Å². The summed E-state index contributed by atoms with van der Waals surface area (Å²) in [7, 11) is 0. The number of carbonyl (C=O) groups excluding carboxylic acids is 2. The first-order valence-electron chi connectivity index (χ1n) is 10.5. The van der Waals surface area contributed by atoms with E-state index in [4.69, 9.17) is 4.74 Å². The number of benzene rings is 2. The Hall–Kier alpha value is -3.65. The average Bonchev–Trinajstić information content (AvgIpc) is 3.12. The molecule has 0 saturated carbocycles. The van der Waals surface area contributed by atoms with Crippen molar-refractivity contribution < 1.29 is 14.3 Å². The Morgan fingerprint density at radius 1 is 1.06 bits per heavy atom. The SMILES string of the molecule is CCOC(=O)c1c(C)[nH]c(C(=O)CSc2nc3ccccc3c(=O)n2-c2ccccc2)c1C. The molecule has 0 amide bonds. The van der Waals surface area contributed by atoms with Crippen molar-refractivity contribution in [2.45, 2.75) is 25.9 Å². The predicted octanol–water partition coefficient (Wildman–Crippen LogP) is 4.48. The number of carbonyl (C=O) groups is 2. The highest BCUT2D eigenvalue weighted by molar-refractivity contribution is 7.99. The van der Waals surface area contributed by atoms with Gasteiger partial charge < -0.3 is 9.72 Å². The number of nitrogens with zero attached hydrogens (tertiary/aromatic N) is 2. The van der Waals surface area contributed by atoms with Gasteiger partial charge in [0.1, 0.15) is 0 Å². The van der Waals surface area contributed by atoms with Crippen molar-refractivity contribution in [1.82, 2.24) is 14.5 Å². The third-order valence-corrected chi connectivity index (χ3v) is 6.23. The fourth-order valence-electron chi connectivity index (χ4n) is 3.75. The summed E-state index contributed by atoms with van der Waals surface area (Å²) in [5.74, 6) is -0.608. The molecule has 0 unspecified atom stereocenters. The molecule has 0 aliphatic rings. The second kappa shape index (κ2) is 9.46. The summed E-state index contributed by atoms with van der Waals surface area (Å²) in [6, 6.07) is 16.4. The van der Waals surface area contributed by atoms with E-state index in [1.54, 1.807) is 39.0 Å². The number of rotatable bonds is 7. The van der Waals surface area contributed by atoms with Crippen LogP contribution in [-0.2, 0) is 4.74 Å². The number of aromatic amines is 1. The fraction of sp³-hybridized carbons (Fsp3) is 0.200. The third kappa shape index (κ3) is 4.34. The van der Waals surface area contributed by atoms with Gasteiger partial charge in [0.05, 0.1) is 40.2 Å². The monoisotopic (exact) mass is 461 g/mol. The molecule has 0 saturated heterocycles. The maximum atomic E-state index is 13.3. The van der Waals surface area contributed by atoms with Crippen LogP contribution in [0.1, 0.15) is 39.0 Å². The molecule has 7 nitrogen and oxygen atoms in total. The van der Waals surface area contributed by atoms with Crippen molar-refractivity contribution in [1.29, 1.82) is 0 Å². The van der Waals surface area contributed by atoms with E-state index in [0.717, 1.165) is 0 Å². The van der Waals surface area contributed by atoms with Gasteiger partial charge in [-0.15, -0.1) is 0 Å². The van der Waals surface area contributed by atoms with Gasteiger partial charge in [0, 0.05) is 5.69 Å². The second-order valence-corrected chi connectivity index (χ2v) is 8.39. The van der Waals surface area contributed by atoms with Gasteiger partial charge in [-0.2, -0.15) is 0 Å². The van der Waals surface area contributed by atoms with E-state index in [0.29, 0.717) is 44.3 Å². The predicted molar refractivity (Wildman–Crippen MR) is 129 cm³/mol. The van der Waals surface area contributed by atoms with Crippen molar-refractivity contribution in [3.05, 3.63) is 87.5 Å². The number of aryl methyl sites for hydroxylation is 1. The Balaban J connectivity index is 1.69. The topological polar surface area (TPSA) is 94.1 Å². The number of thioether (sulfide) groups is 1. The number of ketones is 1. The van der Waals surface area contributed by atoms with Gasteiger partial charge in [-0.3, -0.25) is 14.2 Å². The zero-order valence-corrected chi connectivity index (χ0v) is 19.4. The average molecular weight is 462 g/mol. The molecule has 2 heterocycles. The van der Waals surface area contributed by atoms with E-state index in [-0.39, 0.29) is 23.7 Å². The highest BCUT2D eigenvalue weighted by Gasteiger charge is 2.23. The van der Waals surface area contributed by atoms with E-state index in [9.17, 15) is 14.4 Å². The number of para-hydroxylation sites is 2. The van der Waals surface area contributed by atoms with E-state index in [1.165, 1.54) is 16.3 Å². The van der Waals surface area contributed by atoms with Crippen LogP contribution >= 0.6 is 11.8 Å². The van der Waals surface area contributed by atoms with Crippen LogP contribution in [0.25, 0.3) is 16.6 Å². The molecule has 8 heteroatoms. The number of H-pyrrole nitrogens is 1. The number of aromatic nitrogens is 3. The van der Waals surface area contributed by atoms with Crippen molar-refractivity contribution in [3.63, 3.8) is 0 Å². The van der Waals surface area contributed by atoms with Crippen LogP contribution < -0.4 is 5.56 Å². The normalized spacial score (nSPS) is 11.0. The first-order chi connectivity index (χ1) is 15.9. The number of nitrogens with one attached hydrogen (secondary N) is 1. The molecule has 0 bridgehead atoms. The lowest BCUT2D eigenvalue weighted by Crippen LogP contribution is -2.22. The van der Waals surface area contributed by atoms with Crippen LogP contribution in [-0.4, -0.2) is 38.6 Å². The lowest BCUT2D eigenvalue weighted by atomic mass is 10.1. The molecule has 1 N–H and O–H groups in total. The summed E-state index contributed by atoms with van der Waals surface area (Å²) in [5.41, 5.74) is 2.94. The summed E-state index contributed by atoms with van der Waals surface area (Å²) in [6.45, 7) is 5.45.